The van der Waals surface area contributed by atoms with Gasteiger partial charge in [-0.1, -0.05) is 20.8 Å². The van der Waals surface area contributed by atoms with E-state index in [2.05, 4.69) is 5.32 Å². The van der Waals surface area contributed by atoms with Crippen molar-refractivity contribution in [1.82, 2.24) is 0 Å². The number of rotatable bonds is 1. The van der Waals surface area contributed by atoms with E-state index in [0.29, 0.717) is 0 Å². The number of nitrogens with one attached hydrogen (secondary N) is 1. The molecule has 0 radical (unpaired) electrons. The predicted octanol–water partition coefficient (Wildman–Crippen LogP) is 3.27. The SMILES string of the molecule is CC(C)(C)C(=O)Nc1ccc(N)cc1C(F)(F)F. The molecule has 0 atom stereocenters. The topological polar surface area (TPSA) is 55.1 Å². The van der Waals surface area contributed by atoms with Crippen LogP contribution in [-0.4, -0.2) is 5.91 Å². The molecule has 1 amide bonds. The third-order valence-electron chi connectivity index (χ3n) is 2.28. The van der Waals surface area contributed by atoms with E-state index in [1.165, 1.54) is 6.07 Å². The lowest BCUT2D eigenvalue weighted by Crippen LogP contribution is -2.28. The summed E-state index contributed by atoms with van der Waals surface area (Å²) in [5, 5.41) is 2.27. The number of nitrogen functional groups attached to an aromatic ring is 1. The molecule has 3 nitrogen and oxygen atoms in total. The molecule has 0 fully saturated rings. The van der Waals surface area contributed by atoms with Gasteiger partial charge in [0.1, 0.15) is 0 Å². The third kappa shape index (κ3) is 3.38. The first kappa shape index (κ1) is 14.3. The van der Waals surface area contributed by atoms with E-state index in [1.807, 2.05) is 0 Å². The first-order chi connectivity index (χ1) is 8.01. The summed E-state index contributed by atoms with van der Waals surface area (Å²) in [6.07, 6.45) is -4.56. The summed E-state index contributed by atoms with van der Waals surface area (Å²) in [6, 6.07) is 3.27. The predicted molar refractivity (Wildman–Crippen MR) is 63.9 cm³/mol. The van der Waals surface area contributed by atoms with Crippen LogP contribution in [0.1, 0.15) is 26.3 Å². The van der Waals surface area contributed by atoms with Crippen molar-refractivity contribution in [3.05, 3.63) is 23.8 Å². The second-order valence-corrected chi connectivity index (χ2v) is 5.01. The van der Waals surface area contributed by atoms with Crippen molar-refractivity contribution in [3.63, 3.8) is 0 Å². The van der Waals surface area contributed by atoms with Gasteiger partial charge in [0.05, 0.1) is 11.3 Å². The van der Waals surface area contributed by atoms with E-state index >= 15 is 0 Å². The second-order valence-electron chi connectivity index (χ2n) is 5.01. The molecule has 1 aromatic rings. The molecule has 0 aliphatic carbocycles. The minimum Gasteiger partial charge on any atom is -0.399 e. The van der Waals surface area contributed by atoms with Crippen LogP contribution < -0.4 is 11.1 Å². The van der Waals surface area contributed by atoms with Crippen LogP contribution in [0.2, 0.25) is 0 Å². The van der Waals surface area contributed by atoms with Gasteiger partial charge in [-0.2, -0.15) is 13.2 Å². The molecule has 0 bridgehead atoms. The monoisotopic (exact) mass is 260 g/mol. The van der Waals surface area contributed by atoms with Crippen molar-refractivity contribution in [2.75, 3.05) is 11.1 Å². The van der Waals surface area contributed by atoms with Crippen molar-refractivity contribution >= 4 is 17.3 Å². The Labute approximate surface area is 103 Å². The van der Waals surface area contributed by atoms with Crippen LogP contribution in [0, 0.1) is 5.41 Å². The first-order valence-corrected chi connectivity index (χ1v) is 5.30. The van der Waals surface area contributed by atoms with Gasteiger partial charge in [-0.25, -0.2) is 0 Å². The molecule has 0 aliphatic rings. The summed E-state index contributed by atoms with van der Waals surface area (Å²) in [6.45, 7) is 4.85. The maximum atomic E-state index is 12.8. The molecule has 0 aromatic heterocycles. The molecule has 0 aliphatic heterocycles. The van der Waals surface area contributed by atoms with E-state index in [9.17, 15) is 18.0 Å². The Morgan fingerprint density at radius 2 is 1.78 bits per heavy atom. The van der Waals surface area contributed by atoms with Crippen LogP contribution in [0.5, 0.6) is 0 Å². The number of alkyl halides is 3. The van der Waals surface area contributed by atoms with Crippen LogP contribution in [0.3, 0.4) is 0 Å². The lowest BCUT2D eigenvalue weighted by Gasteiger charge is -2.20. The third-order valence-corrected chi connectivity index (χ3v) is 2.28. The van der Waals surface area contributed by atoms with Crippen molar-refractivity contribution in [3.8, 4) is 0 Å². The quantitative estimate of drug-likeness (QED) is 0.761. The summed E-state index contributed by atoms with van der Waals surface area (Å²) in [7, 11) is 0. The number of hydrogen-bond acceptors (Lipinski definition) is 2. The van der Waals surface area contributed by atoms with Gasteiger partial charge in [-0.3, -0.25) is 4.79 Å². The summed E-state index contributed by atoms with van der Waals surface area (Å²) >= 11 is 0. The van der Waals surface area contributed by atoms with E-state index in [1.54, 1.807) is 20.8 Å². The highest BCUT2D eigenvalue weighted by Crippen LogP contribution is 2.36. The normalized spacial score (nSPS) is 12.3. The summed E-state index contributed by atoms with van der Waals surface area (Å²) < 4.78 is 38.3. The van der Waals surface area contributed by atoms with Gasteiger partial charge >= 0.3 is 6.18 Å². The van der Waals surface area contributed by atoms with Crippen LogP contribution in [0.4, 0.5) is 24.5 Å². The average molecular weight is 260 g/mol. The number of hydrogen-bond donors (Lipinski definition) is 2. The van der Waals surface area contributed by atoms with Crippen molar-refractivity contribution < 1.29 is 18.0 Å². The number of anilines is 2. The lowest BCUT2D eigenvalue weighted by molar-refractivity contribution is -0.137. The summed E-state index contributed by atoms with van der Waals surface area (Å²) in [5.74, 6) is -0.488. The number of benzene rings is 1. The molecule has 100 valence electrons. The highest BCUT2D eigenvalue weighted by atomic mass is 19.4. The zero-order chi connectivity index (χ0) is 14.1. The van der Waals surface area contributed by atoms with Gasteiger partial charge in [-0.15, -0.1) is 0 Å². The van der Waals surface area contributed by atoms with Gasteiger partial charge in [0.15, 0.2) is 0 Å². The smallest absolute Gasteiger partial charge is 0.399 e. The fourth-order valence-electron chi connectivity index (χ4n) is 1.22. The van der Waals surface area contributed by atoms with Gasteiger partial charge in [0.2, 0.25) is 5.91 Å². The van der Waals surface area contributed by atoms with Crippen LogP contribution >= 0.6 is 0 Å². The molecular weight excluding hydrogens is 245 g/mol. The fraction of sp³-hybridized carbons (Fsp3) is 0.417. The first-order valence-electron chi connectivity index (χ1n) is 5.30. The number of nitrogens with two attached hydrogens (primary N) is 1. The maximum Gasteiger partial charge on any atom is 0.418 e. The maximum absolute atomic E-state index is 12.8. The Morgan fingerprint density at radius 3 is 2.22 bits per heavy atom. The molecule has 0 saturated carbocycles. The minimum atomic E-state index is -4.56. The van der Waals surface area contributed by atoms with E-state index in [0.717, 1.165) is 12.1 Å². The van der Waals surface area contributed by atoms with Gasteiger partial charge in [0, 0.05) is 11.1 Å². The number of carbonyl (C=O) groups excluding carboxylic acids is 1. The largest absolute Gasteiger partial charge is 0.418 e. The van der Waals surface area contributed by atoms with E-state index in [-0.39, 0.29) is 11.4 Å². The fourth-order valence-corrected chi connectivity index (χ4v) is 1.22. The van der Waals surface area contributed by atoms with Gasteiger partial charge in [-0.05, 0) is 18.2 Å². The average Bonchev–Trinajstić information content (AvgIpc) is 2.17. The highest BCUT2D eigenvalue weighted by molar-refractivity contribution is 5.95. The zero-order valence-corrected chi connectivity index (χ0v) is 10.4. The molecule has 0 unspecified atom stereocenters. The minimum absolute atomic E-state index is 0.00363. The molecule has 0 heterocycles. The zero-order valence-electron chi connectivity index (χ0n) is 10.4. The molecule has 0 spiro atoms. The van der Waals surface area contributed by atoms with Crippen molar-refractivity contribution in [2.24, 2.45) is 5.41 Å². The standard InChI is InChI=1S/C12H15F3N2O/c1-11(2,3)10(18)17-9-5-4-7(16)6-8(9)12(13,14)15/h4-6H,16H2,1-3H3,(H,17,18). The van der Waals surface area contributed by atoms with Crippen LogP contribution in [-0.2, 0) is 11.0 Å². The molecule has 3 N–H and O–H groups in total. The Kier molecular flexibility index (Phi) is 3.59. The highest BCUT2D eigenvalue weighted by Gasteiger charge is 2.35. The number of halogens is 3. The number of amides is 1. The number of carbonyl (C=O) groups is 1. The molecule has 1 aromatic carbocycles. The molecule has 0 saturated heterocycles. The Hall–Kier alpha value is -1.72. The Bertz CT molecular complexity index is 461. The lowest BCUT2D eigenvalue weighted by atomic mass is 9.95. The van der Waals surface area contributed by atoms with Gasteiger partial charge < -0.3 is 11.1 Å². The van der Waals surface area contributed by atoms with Gasteiger partial charge in [0.25, 0.3) is 0 Å². The molecule has 6 heteroatoms. The molecule has 1 rings (SSSR count). The second kappa shape index (κ2) is 4.51. The molecular formula is C12H15F3N2O. The van der Waals surface area contributed by atoms with Crippen LogP contribution in [0.15, 0.2) is 18.2 Å². The Morgan fingerprint density at radius 1 is 1.22 bits per heavy atom. The van der Waals surface area contributed by atoms with E-state index in [4.69, 9.17) is 5.73 Å². The van der Waals surface area contributed by atoms with Crippen LogP contribution in [0.25, 0.3) is 0 Å². The summed E-state index contributed by atoms with van der Waals surface area (Å²) in [5.41, 5.74) is 3.33. The van der Waals surface area contributed by atoms with Crippen molar-refractivity contribution in [2.45, 2.75) is 26.9 Å². The Balaban J connectivity index is 3.14. The molecule has 18 heavy (non-hydrogen) atoms. The van der Waals surface area contributed by atoms with Crippen molar-refractivity contribution in [1.29, 1.82) is 0 Å². The van der Waals surface area contributed by atoms with E-state index < -0.39 is 23.1 Å². The summed E-state index contributed by atoms with van der Waals surface area (Å²) in [4.78, 5) is 11.7.